The van der Waals surface area contributed by atoms with Crippen molar-refractivity contribution < 1.29 is 19.1 Å². The number of Topliss-reactive ketones (excluding diaryl/α,β-unsaturated/α-hetero) is 1. The lowest BCUT2D eigenvalue weighted by Gasteiger charge is -2.12. The lowest BCUT2D eigenvalue weighted by Crippen LogP contribution is -2.16. The second-order valence-corrected chi connectivity index (χ2v) is 7.31. The lowest BCUT2D eigenvalue weighted by atomic mass is 10.1. The molecule has 164 valence electrons. The van der Waals surface area contributed by atoms with Crippen molar-refractivity contribution in [1.82, 2.24) is 15.3 Å². The molecule has 32 heavy (non-hydrogen) atoms. The fourth-order valence-corrected chi connectivity index (χ4v) is 3.55. The van der Waals surface area contributed by atoms with Gasteiger partial charge in [0.05, 0.1) is 6.61 Å². The van der Waals surface area contributed by atoms with Crippen molar-refractivity contribution in [3.63, 3.8) is 0 Å². The highest BCUT2D eigenvalue weighted by Crippen LogP contribution is 2.31. The van der Waals surface area contributed by atoms with Crippen LogP contribution in [0.4, 0.5) is 5.69 Å². The first kappa shape index (κ1) is 21.3. The first-order chi connectivity index (χ1) is 15.5. The number of carbonyl (C=O) groups is 2. The number of aromatic amines is 1. The second-order valence-electron chi connectivity index (χ2n) is 7.31. The topological polar surface area (TPSA) is 105 Å². The summed E-state index contributed by atoms with van der Waals surface area (Å²) in [6, 6.07) is 9.57. The van der Waals surface area contributed by atoms with Crippen LogP contribution in [0.5, 0.6) is 0 Å². The van der Waals surface area contributed by atoms with Crippen LogP contribution in [-0.2, 0) is 25.6 Å². The minimum absolute atomic E-state index is 0.0322. The molecule has 0 unspecified atom stereocenters. The molecule has 0 fully saturated rings. The predicted octanol–water partition coefficient (Wildman–Crippen LogP) is 3.42. The number of nitrogens with one attached hydrogen (secondary N) is 3. The van der Waals surface area contributed by atoms with E-state index in [0.717, 1.165) is 34.3 Å². The van der Waals surface area contributed by atoms with E-state index in [0.29, 0.717) is 5.65 Å². The molecule has 1 aliphatic heterocycles. The summed E-state index contributed by atoms with van der Waals surface area (Å²) in [7, 11) is 1.88. The number of ether oxygens (including phenoxy) is 2. The average molecular weight is 432 g/mol. The maximum absolute atomic E-state index is 13.1. The number of nitrogens with zero attached hydrogens (tertiary/aromatic N) is 1. The molecule has 3 aromatic rings. The molecule has 2 aromatic heterocycles. The Morgan fingerprint density at radius 2 is 2.16 bits per heavy atom. The van der Waals surface area contributed by atoms with Crippen LogP contribution >= 0.6 is 0 Å². The Bertz CT molecular complexity index is 1260. The zero-order valence-corrected chi connectivity index (χ0v) is 18.1. The molecule has 0 bridgehead atoms. The number of rotatable bonds is 7. The third-order valence-corrected chi connectivity index (χ3v) is 5.06. The number of H-pyrrole nitrogens is 1. The van der Waals surface area contributed by atoms with Gasteiger partial charge in [0.1, 0.15) is 5.65 Å². The van der Waals surface area contributed by atoms with Crippen LogP contribution in [0.25, 0.3) is 17.1 Å². The van der Waals surface area contributed by atoms with E-state index < -0.39 is 11.8 Å². The number of ketones is 1. The van der Waals surface area contributed by atoms with Gasteiger partial charge in [-0.25, -0.2) is 9.78 Å². The zero-order chi connectivity index (χ0) is 22.7. The SMILES string of the molecule is CCOC(=O)C1=C(Nc2ccc(CNC)cc2C)O/C(=C\c2c[nH]c3ncccc23)C1=O. The summed E-state index contributed by atoms with van der Waals surface area (Å²) in [4.78, 5) is 33.0. The van der Waals surface area contributed by atoms with E-state index in [-0.39, 0.29) is 23.8 Å². The van der Waals surface area contributed by atoms with Gasteiger partial charge in [-0.3, -0.25) is 4.79 Å². The molecular weight excluding hydrogens is 408 g/mol. The van der Waals surface area contributed by atoms with Gasteiger partial charge in [-0.05, 0) is 56.3 Å². The zero-order valence-electron chi connectivity index (χ0n) is 18.1. The summed E-state index contributed by atoms with van der Waals surface area (Å²) in [6.07, 6.45) is 5.01. The highest BCUT2D eigenvalue weighted by molar-refractivity contribution is 6.26. The molecule has 8 nitrogen and oxygen atoms in total. The third kappa shape index (κ3) is 4.13. The predicted molar refractivity (Wildman–Crippen MR) is 121 cm³/mol. The number of hydrogen-bond donors (Lipinski definition) is 3. The summed E-state index contributed by atoms with van der Waals surface area (Å²) in [6.45, 7) is 4.51. The number of hydrogen-bond acceptors (Lipinski definition) is 7. The van der Waals surface area contributed by atoms with E-state index in [9.17, 15) is 9.59 Å². The van der Waals surface area contributed by atoms with Gasteiger partial charge in [0.2, 0.25) is 11.7 Å². The molecule has 1 aliphatic rings. The number of aryl methyl sites for hydroxylation is 1. The molecule has 3 heterocycles. The number of anilines is 1. The molecule has 8 heteroatoms. The van der Waals surface area contributed by atoms with Crippen LogP contribution in [-0.4, -0.2) is 35.4 Å². The van der Waals surface area contributed by atoms with Crippen molar-refractivity contribution in [2.24, 2.45) is 0 Å². The summed E-state index contributed by atoms with van der Waals surface area (Å²) < 4.78 is 11.0. The molecule has 0 amide bonds. The van der Waals surface area contributed by atoms with Gasteiger partial charge >= 0.3 is 5.97 Å². The van der Waals surface area contributed by atoms with E-state index in [2.05, 4.69) is 20.6 Å². The Morgan fingerprint density at radius 3 is 2.91 bits per heavy atom. The van der Waals surface area contributed by atoms with Crippen molar-refractivity contribution in [3.8, 4) is 0 Å². The molecule has 0 radical (unpaired) electrons. The van der Waals surface area contributed by atoms with E-state index in [1.807, 2.05) is 44.3 Å². The standard InChI is InChI=1S/C24H24N4O4/c1-4-31-24(30)20-21(29)19(11-16-13-27-22-17(16)6-5-9-26-22)32-23(20)28-18-8-7-15(12-25-3)10-14(18)2/h5-11,13,25,28H,4,12H2,1-3H3,(H,26,27)/b19-11-. The Labute approximate surface area is 185 Å². The van der Waals surface area contributed by atoms with Gasteiger partial charge in [-0.15, -0.1) is 0 Å². The molecule has 0 atom stereocenters. The molecular formula is C24H24N4O4. The number of benzene rings is 1. The summed E-state index contributed by atoms with van der Waals surface area (Å²) in [5.74, 6) is -1.17. The van der Waals surface area contributed by atoms with Crippen LogP contribution in [0.1, 0.15) is 23.6 Å². The van der Waals surface area contributed by atoms with Gasteiger partial charge in [0, 0.05) is 35.6 Å². The highest BCUT2D eigenvalue weighted by atomic mass is 16.5. The smallest absolute Gasteiger partial charge is 0.347 e. The Morgan fingerprint density at radius 1 is 1.31 bits per heavy atom. The van der Waals surface area contributed by atoms with Gasteiger partial charge in [0.15, 0.2) is 11.3 Å². The van der Waals surface area contributed by atoms with Crippen molar-refractivity contribution in [3.05, 3.63) is 76.6 Å². The van der Waals surface area contributed by atoms with E-state index >= 15 is 0 Å². The van der Waals surface area contributed by atoms with Crippen LogP contribution in [0.15, 0.2) is 59.9 Å². The molecule has 0 aliphatic carbocycles. The van der Waals surface area contributed by atoms with Crippen molar-refractivity contribution in [1.29, 1.82) is 0 Å². The third-order valence-electron chi connectivity index (χ3n) is 5.06. The first-order valence-corrected chi connectivity index (χ1v) is 10.3. The number of carbonyl (C=O) groups excluding carboxylic acids is 2. The largest absolute Gasteiger partial charge is 0.462 e. The summed E-state index contributed by atoms with van der Waals surface area (Å²) in [5.41, 5.74) is 4.06. The van der Waals surface area contributed by atoms with Gasteiger partial charge in [-0.1, -0.05) is 12.1 Å². The van der Waals surface area contributed by atoms with Crippen LogP contribution in [0, 0.1) is 6.92 Å². The Balaban J connectivity index is 1.68. The summed E-state index contributed by atoms with van der Waals surface area (Å²) >= 11 is 0. The van der Waals surface area contributed by atoms with Crippen LogP contribution in [0.2, 0.25) is 0 Å². The highest BCUT2D eigenvalue weighted by Gasteiger charge is 2.37. The van der Waals surface area contributed by atoms with Gasteiger partial charge in [0.25, 0.3) is 0 Å². The quantitative estimate of drug-likeness (QED) is 0.298. The van der Waals surface area contributed by atoms with Crippen molar-refractivity contribution in [2.75, 3.05) is 19.0 Å². The van der Waals surface area contributed by atoms with Crippen molar-refractivity contribution in [2.45, 2.75) is 20.4 Å². The second kappa shape index (κ2) is 9.07. The van der Waals surface area contributed by atoms with Crippen LogP contribution in [0.3, 0.4) is 0 Å². The minimum atomic E-state index is -0.728. The van der Waals surface area contributed by atoms with Gasteiger partial charge < -0.3 is 25.1 Å². The molecule has 0 spiro atoms. The number of allylic oxidation sites excluding steroid dienone is 1. The van der Waals surface area contributed by atoms with Crippen molar-refractivity contribution >= 4 is 34.5 Å². The van der Waals surface area contributed by atoms with E-state index in [1.54, 1.807) is 25.4 Å². The lowest BCUT2D eigenvalue weighted by molar-refractivity contribution is -0.139. The maximum Gasteiger partial charge on any atom is 0.347 e. The normalized spacial score (nSPS) is 14.8. The number of aromatic nitrogens is 2. The maximum atomic E-state index is 13.1. The number of fused-ring (bicyclic) bond motifs is 1. The Hall–Kier alpha value is -3.91. The molecule has 0 saturated heterocycles. The molecule has 3 N–H and O–H groups in total. The summed E-state index contributed by atoms with van der Waals surface area (Å²) in [5, 5.41) is 7.05. The monoisotopic (exact) mass is 432 g/mol. The first-order valence-electron chi connectivity index (χ1n) is 10.3. The van der Waals surface area contributed by atoms with E-state index in [4.69, 9.17) is 9.47 Å². The van der Waals surface area contributed by atoms with Gasteiger partial charge in [-0.2, -0.15) is 0 Å². The van der Waals surface area contributed by atoms with Crippen LogP contribution < -0.4 is 10.6 Å². The minimum Gasteiger partial charge on any atom is -0.462 e. The van der Waals surface area contributed by atoms with E-state index in [1.165, 1.54) is 0 Å². The number of esters is 1. The molecule has 4 rings (SSSR count). The molecule has 1 aromatic carbocycles. The molecule has 0 saturated carbocycles. The number of pyridine rings is 1. The Kier molecular flexibility index (Phi) is 6.04. The average Bonchev–Trinajstić information content (AvgIpc) is 3.32. The fourth-order valence-electron chi connectivity index (χ4n) is 3.55. The fraction of sp³-hybridized carbons (Fsp3) is 0.208.